The fourth-order valence-electron chi connectivity index (χ4n) is 2.34. The maximum absolute atomic E-state index is 12.3. The summed E-state index contributed by atoms with van der Waals surface area (Å²) in [6.07, 6.45) is 0. The molecule has 3 rings (SSSR count). The third kappa shape index (κ3) is 3.50. The molecule has 0 atom stereocenters. The average Bonchev–Trinajstić information content (AvgIpc) is 2.55. The van der Waals surface area contributed by atoms with Crippen molar-refractivity contribution in [1.82, 2.24) is 0 Å². The Morgan fingerprint density at radius 3 is 2.33 bits per heavy atom. The van der Waals surface area contributed by atoms with Gasteiger partial charge in [0.1, 0.15) is 5.75 Å². The molecule has 0 aromatic heterocycles. The molecule has 0 saturated heterocycles. The Labute approximate surface area is 144 Å². The molecule has 0 fully saturated rings. The van der Waals surface area contributed by atoms with Crippen LogP contribution in [0.5, 0.6) is 5.75 Å². The first kappa shape index (κ1) is 15.9. The summed E-state index contributed by atoms with van der Waals surface area (Å²) >= 11 is 5.90. The smallest absolute Gasteiger partial charge is 0.259 e. The first-order chi connectivity index (χ1) is 11.5. The summed E-state index contributed by atoms with van der Waals surface area (Å²) in [5.74, 6) is -0.498. The molecule has 120 valence electrons. The number of carbonyl (C=O) groups is 1. The minimum Gasteiger partial charge on any atom is -0.507 e. The first-order valence-corrected chi connectivity index (χ1v) is 7.66. The van der Waals surface area contributed by atoms with Crippen LogP contribution in [0.15, 0.2) is 66.7 Å². The molecular formula is C19H15ClN2O2. The van der Waals surface area contributed by atoms with E-state index in [4.69, 9.17) is 17.3 Å². The van der Waals surface area contributed by atoms with Crippen molar-refractivity contribution in [2.75, 3.05) is 11.1 Å². The molecule has 0 saturated carbocycles. The van der Waals surface area contributed by atoms with Crippen LogP contribution in [-0.2, 0) is 0 Å². The minimum absolute atomic E-state index is 0.0937. The van der Waals surface area contributed by atoms with Gasteiger partial charge in [0, 0.05) is 16.4 Å². The van der Waals surface area contributed by atoms with Crippen molar-refractivity contribution in [2.24, 2.45) is 0 Å². The van der Waals surface area contributed by atoms with Crippen molar-refractivity contribution in [3.05, 3.63) is 77.3 Å². The number of amides is 1. The Balaban J connectivity index is 1.84. The Bertz CT molecular complexity index is 892. The average molecular weight is 339 g/mol. The SMILES string of the molecule is Nc1ccc(-c2ccc(C(=O)Nc3cccc(Cl)c3)c(O)c2)cc1. The van der Waals surface area contributed by atoms with Gasteiger partial charge in [-0.1, -0.05) is 35.9 Å². The number of anilines is 2. The second-order valence-corrected chi connectivity index (χ2v) is 5.75. The van der Waals surface area contributed by atoms with Crippen LogP contribution in [0.3, 0.4) is 0 Å². The summed E-state index contributed by atoms with van der Waals surface area (Å²) in [6, 6.07) is 19.0. The quantitative estimate of drug-likeness (QED) is 0.613. The molecule has 3 aromatic carbocycles. The minimum atomic E-state index is -0.404. The highest BCUT2D eigenvalue weighted by Gasteiger charge is 2.12. The second kappa shape index (κ2) is 6.64. The number of hydrogen-bond acceptors (Lipinski definition) is 3. The Kier molecular flexibility index (Phi) is 4.40. The molecule has 1 amide bonds. The van der Waals surface area contributed by atoms with Crippen LogP contribution in [0.1, 0.15) is 10.4 Å². The molecule has 4 N–H and O–H groups in total. The monoisotopic (exact) mass is 338 g/mol. The second-order valence-electron chi connectivity index (χ2n) is 5.32. The lowest BCUT2D eigenvalue weighted by atomic mass is 10.0. The Hall–Kier alpha value is -2.98. The largest absolute Gasteiger partial charge is 0.507 e. The van der Waals surface area contributed by atoms with Gasteiger partial charge in [0.05, 0.1) is 5.56 Å². The first-order valence-electron chi connectivity index (χ1n) is 7.29. The number of phenolic OH excluding ortho intramolecular Hbond substituents is 1. The zero-order chi connectivity index (χ0) is 17.1. The number of rotatable bonds is 3. The number of halogens is 1. The molecule has 0 radical (unpaired) electrons. The van der Waals surface area contributed by atoms with Gasteiger partial charge in [0.15, 0.2) is 0 Å². The van der Waals surface area contributed by atoms with Crippen molar-refractivity contribution in [1.29, 1.82) is 0 Å². The van der Waals surface area contributed by atoms with E-state index in [-0.39, 0.29) is 11.3 Å². The van der Waals surface area contributed by atoms with Crippen LogP contribution >= 0.6 is 11.6 Å². The maximum Gasteiger partial charge on any atom is 0.259 e. The third-order valence-corrected chi connectivity index (χ3v) is 3.80. The van der Waals surface area contributed by atoms with E-state index in [0.717, 1.165) is 11.1 Å². The molecule has 5 heteroatoms. The summed E-state index contributed by atoms with van der Waals surface area (Å²) in [5, 5.41) is 13.4. The number of phenols is 1. The van der Waals surface area contributed by atoms with E-state index in [2.05, 4.69) is 5.32 Å². The predicted octanol–water partition coefficient (Wildman–Crippen LogP) is 4.55. The van der Waals surface area contributed by atoms with Gasteiger partial charge in [-0.25, -0.2) is 0 Å². The van der Waals surface area contributed by atoms with Crippen molar-refractivity contribution < 1.29 is 9.90 Å². The number of hydrogen-bond donors (Lipinski definition) is 3. The molecule has 4 nitrogen and oxygen atoms in total. The van der Waals surface area contributed by atoms with Crippen molar-refractivity contribution in [3.63, 3.8) is 0 Å². The van der Waals surface area contributed by atoms with E-state index in [9.17, 15) is 9.90 Å². The fourth-order valence-corrected chi connectivity index (χ4v) is 2.53. The summed E-state index contributed by atoms with van der Waals surface area (Å²) in [7, 11) is 0. The number of carbonyl (C=O) groups excluding carboxylic acids is 1. The summed E-state index contributed by atoms with van der Waals surface area (Å²) < 4.78 is 0. The summed E-state index contributed by atoms with van der Waals surface area (Å²) in [6.45, 7) is 0. The van der Waals surface area contributed by atoms with Crippen LogP contribution in [-0.4, -0.2) is 11.0 Å². The van der Waals surface area contributed by atoms with Crippen LogP contribution in [0.4, 0.5) is 11.4 Å². The van der Waals surface area contributed by atoms with Gasteiger partial charge in [0.2, 0.25) is 0 Å². The van der Waals surface area contributed by atoms with Gasteiger partial charge < -0.3 is 16.2 Å². The van der Waals surface area contributed by atoms with Crippen molar-refractivity contribution >= 4 is 28.9 Å². The number of nitrogens with one attached hydrogen (secondary N) is 1. The molecule has 24 heavy (non-hydrogen) atoms. The zero-order valence-electron chi connectivity index (χ0n) is 12.7. The lowest BCUT2D eigenvalue weighted by Crippen LogP contribution is -2.12. The Morgan fingerprint density at radius 1 is 0.958 bits per heavy atom. The van der Waals surface area contributed by atoms with Crippen LogP contribution in [0.25, 0.3) is 11.1 Å². The van der Waals surface area contributed by atoms with Gasteiger partial charge in [-0.2, -0.15) is 0 Å². The van der Waals surface area contributed by atoms with Gasteiger partial charge in [-0.3, -0.25) is 4.79 Å². The molecule has 0 heterocycles. The molecule has 0 unspecified atom stereocenters. The standard InChI is InChI=1S/C19H15ClN2O2/c20-14-2-1-3-16(11-14)22-19(24)17-9-6-13(10-18(17)23)12-4-7-15(21)8-5-12/h1-11,23H,21H2,(H,22,24). The lowest BCUT2D eigenvalue weighted by Gasteiger charge is -2.09. The van der Waals surface area contributed by atoms with Gasteiger partial charge >= 0.3 is 0 Å². The van der Waals surface area contributed by atoms with E-state index in [1.54, 1.807) is 54.6 Å². The zero-order valence-corrected chi connectivity index (χ0v) is 13.4. The number of nitrogen functional groups attached to an aromatic ring is 1. The van der Waals surface area contributed by atoms with Gasteiger partial charge in [-0.05, 0) is 53.6 Å². The van der Waals surface area contributed by atoms with Crippen LogP contribution < -0.4 is 11.1 Å². The van der Waals surface area contributed by atoms with E-state index < -0.39 is 5.91 Å². The molecule has 0 bridgehead atoms. The van der Waals surface area contributed by atoms with Gasteiger partial charge in [0.25, 0.3) is 5.91 Å². The Morgan fingerprint density at radius 2 is 1.67 bits per heavy atom. The van der Waals surface area contributed by atoms with E-state index in [0.29, 0.717) is 16.4 Å². The van der Waals surface area contributed by atoms with Crippen molar-refractivity contribution in [2.45, 2.75) is 0 Å². The molecule has 3 aromatic rings. The van der Waals surface area contributed by atoms with E-state index in [1.807, 2.05) is 12.1 Å². The number of nitrogens with two attached hydrogens (primary N) is 1. The summed E-state index contributed by atoms with van der Waals surface area (Å²) in [4.78, 5) is 12.3. The normalized spacial score (nSPS) is 10.4. The fraction of sp³-hybridized carbons (Fsp3) is 0. The third-order valence-electron chi connectivity index (χ3n) is 3.57. The van der Waals surface area contributed by atoms with Crippen LogP contribution in [0, 0.1) is 0 Å². The molecule has 0 aliphatic rings. The predicted molar refractivity (Wildman–Crippen MR) is 97.4 cm³/mol. The molecule has 0 aliphatic carbocycles. The van der Waals surface area contributed by atoms with Gasteiger partial charge in [-0.15, -0.1) is 0 Å². The van der Waals surface area contributed by atoms with Crippen molar-refractivity contribution in [3.8, 4) is 16.9 Å². The van der Waals surface area contributed by atoms with Crippen LogP contribution in [0.2, 0.25) is 5.02 Å². The van der Waals surface area contributed by atoms with E-state index >= 15 is 0 Å². The maximum atomic E-state index is 12.3. The topological polar surface area (TPSA) is 75.4 Å². The highest BCUT2D eigenvalue weighted by molar-refractivity contribution is 6.31. The molecular weight excluding hydrogens is 324 g/mol. The molecule has 0 aliphatic heterocycles. The number of benzene rings is 3. The summed E-state index contributed by atoms with van der Waals surface area (Å²) in [5.41, 5.74) is 8.79. The highest BCUT2D eigenvalue weighted by atomic mass is 35.5. The molecule has 0 spiro atoms. The lowest BCUT2D eigenvalue weighted by molar-refractivity contribution is 0.102. The number of aromatic hydroxyl groups is 1. The van der Waals surface area contributed by atoms with E-state index in [1.165, 1.54) is 0 Å². The highest BCUT2D eigenvalue weighted by Crippen LogP contribution is 2.28.